The van der Waals surface area contributed by atoms with Crippen LogP contribution in [0, 0.1) is 0 Å². The molecule has 0 saturated carbocycles. The van der Waals surface area contributed by atoms with Crippen LogP contribution in [0.3, 0.4) is 0 Å². The Hall–Kier alpha value is 0.0500. The second-order valence-electron chi connectivity index (χ2n) is 3.16. The average molecular weight is 172 g/mol. The lowest BCUT2D eigenvalue weighted by molar-refractivity contribution is 0.234. The second kappa shape index (κ2) is 4.17. The van der Waals surface area contributed by atoms with Crippen molar-refractivity contribution in [2.45, 2.75) is 32.8 Å². The van der Waals surface area contributed by atoms with Crippen molar-refractivity contribution in [1.29, 1.82) is 0 Å². The fraction of sp³-hybridized carbons (Fsp3) is 0.778. The van der Waals surface area contributed by atoms with E-state index in [1.807, 2.05) is 18.7 Å². The molecule has 0 aromatic heterocycles. The highest BCUT2D eigenvalue weighted by Gasteiger charge is 2.11. The maximum absolute atomic E-state index is 9.57. The van der Waals surface area contributed by atoms with E-state index in [1.54, 1.807) is 0 Å². The third-order valence-electron chi connectivity index (χ3n) is 2.29. The van der Waals surface area contributed by atoms with Crippen molar-refractivity contribution in [3.8, 4) is 0 Å². The van der Waals surface area contributed by atoms with Crippen LogP contribution in [0.25, 0.3) is 0 Å². The van der Waals surface area contributed by atoms with E-state index in [-0.39, 0.29) is 6.10 Å². The minimum absolute atomic E-state index is 0.194. The number of thioether (sulfide) groups is 1. The highest BCUT2D eigenvalue weighted by Crippen LogP contribution is 2.21. The molecule has 1 atom stereocenters. The molecule has 0 radical (unpaired) electrons. The Kier molecular flexibility index (Phi) is 3.46. The van der Waals surface area contributed by atoms with Crippen molar-refractivity contribution in [3.05, 3.63) is 11.1 Å². The van der Waals surface area contributed by atoms with Crippen LogP contribution in [0.5, 0.6) is 0 Å². The smallest absolute Gasteiger partial charge is 0.0840 e. The zero-order valence-electron chi connectivity index (χ0n) is 7.26. The molecule has 11 heavy (non-hydrogen) atoms. The number of allylic oxidation sites excluding steroid dienone is 1. The zero-order valence-corrected chi connectivity index (χ0v) is 8.08. The van der Waals surface area contributed by atoms with Gasteiger partial charge in [0.2, 0.25) is 0 Å². The lowest BCUT2D eigenvalue weighted by Gasteiger charge is -2.17. The molecule has 0 spiro atoms. The van der Waals surface area contributed by atoms with Gasteiger partial charge in [-0.25, -0.2) is 0 Å². The summed E-state index contributed by atoms with van der Waals surface area (Å²) in [6.07, 6.45) is 2.23. The van der Waals surface area contributed by atoms with Crippen LogP contribution in [-0.4, -0.2) is 22.7 Å². The van der Waals surface area contributed by atoms with Gasteiger partial charge in [-0.2, -0.15) is 11.8 Å². The van der Waals surface area contributed by atoms with Crippen LogP contribution >= 0.6 is 11.8 Å². The maximum atomic E-state index is 9.57. The third kappa shape index (κ3) is 2.53. The maximum Gasteiger partial charge on any atom is 0.0840 e. The first-order valence-electron chi connectivity index (χ1n) is 4.14. The van der Waals surface area contributed by atoms with E-state index in [0.717, 1.165) is 12.2 Å². The summed E-state index contributed by atoms with van der Waals surface area (Å²) in [5.41, 5.74) is 2.58. The quantitative estimate of drug-likeness (QED) is 0.565. The van der Waals surface area contributed by atoms with Crippen molar-refractivity contribution in [3.63, 3.8) is 0 Å². The Morgan fingerprint density at radius 2 is 2.18 bits per heavy atom. The summed E-state index contributed by atoms with van der Waals surface area (Å²) in [6.45, 7) is 4.18. The molecule has 0 fully saturated rings. The Bertz CT molecular complexity index is 163. The van der Waals surface area contributed by atoms with E-state index in [1.165, 1.54) is 23.3 Å². The van der Waals surface area contributed by atoms with Gasteiger partial charge in [0.05, 0.1) is 6.10 Å². The molecule has 0 saturated heterocycles. The van der Waals surface area contributed by atoms with E-state index in [4.69, 9.17) is 0 Å². The Morgan fingerprint density at radius 1 is 1.45 bits per heavy atom. The van der Waals surface area contributed by atoms with Crippen LogP contribution in [0.4, 0.5) is 0 Å². The topological polar surface area (TPSA) is 20.2 Å². The van der Waals surface area contributed by atoms with E-state index in [9.17, 15) is 5.11 Å². The van der Waals surface area contributed by atoms with E-state index in [2.05, 4.69) is 6.92 Å². The summed E-state index contributed by atoms with van der Waals surface area (Å²) < 4.78 is 0. The molecule has 0 bridgehead atoms. The molecule has 1 heterocycles. The average Bonchev–Trinajstić information content (AvgIpc) is 2.00. The minimum atomic E-state index is -0.194. The minimum Gasteiger partial charge on any atom is -0.388 e. The molecule has 1 aliphatic rings. The second-order valence-corrected chi connectivity index (χ2v) is 4.31. The van der Waals surface area contributed by atoms with E-state index in [0.29, 0.717) is 0 Å². The lowest BCUT2D eigenvalue weighted by Crippen LogP contribution is -2.15. The molecule has 2 heteroatoms. The van der Waals surface area contributed by atoms with Gasteiger partial charge >= 0.3 is 0 Å². The fourth-order valence-corrected chi connectivity index (χ4v) is 2.23. The van der Waals surface area contributed by atoms with Crippen LogP contribution in [-0.2, 0) is 0 Å². The molecular weight excluding hydrogens is 156 g/mol. The monoisotopic (exact) mass is 172 g/mol. The van der Waals surface area contributed by atoms with Crippen LogP contribution in [0.2, 0.25) is 0 Å². The van der Waals surface area contributed by atoms with Gasteiger partial charge in [0.15, 0.2) is 0 Å². The summed E-state index contributed by atoms with van der Waals surface area (Å²) >= 11 is 1.86. The summed E-state index contributed by atoms with van der Waals surface area (Å²) in [4.78, 5) is 0. The molecular formula is C9H16OS. The molecule has 1 nitrogen and oxygen atoms in total. The molecule has 1 unspecified atom stereocenters. The van der Waals surface area contributed by atoms with E-state index >= 15 is 0 Å². The highest BCUT2D eigenvalue weighted by molar-refractivity contribution is 7.99. The Balaban J connectivity index is 2.66. The number of hydrogen-bond acceptors (Lipinski definition) is 2. The van der Waals surface area contributed by atoms with Crippen molar-refractivity contribution in [2.75, 3.05) is 11.5 Å². The summed E-state index contributed by atoms with van der Waals surface area (Å²) in [6, 6.07) is 0. The number of hydrogen-bond donors (Lipinski definition) is 1. The molecule has 1 N–H and O–H groups in total. The first kappa shape index (κ1) is 9.14. The lowest BCUT2D eigenvalue weighted by atomic mass is 10.0. The molecule has 1 aliphatic heterocycles. The Morgan fingerprint density at radius 3 is 2.91 bits per heavy atom. The van der Waals surface area contributed by atoms with Gasteiger partial charge in [0, 0.05) is 5.75 Å². The molecule has 0 aromatic carbocycles. The van der Waals surface area contributed by atoms with Gasteiger partial charge in [0.25, 0.3) is 0 Å². The van der Waals surface area contributed by atoms with Gasteiger partial charge in [0.1, 0.15) is 0 Å². The van der Waals surface area contributed by atoms with Crippen LogP contribution < -0.4 is 0 Å². The number of aliphatic hydroxyl groups is 1. The third-order valence-corrected chi connectivity index (χ3v) is 3.42. The Labute approximate surface area is 72.9 Å². The number of aliphatic hydroxyl groups excluding tert-OH is 1. The molecule has 64 valence electrons. The highest BCUT2D eigenvalue weighted by atomic mass is 32.2. The first-order valence-corrected chi connectivity index (χ1v) is 5.29. The molecule has 0 amide bonds. The van der Waals surface area contributed by atoms with Crippen molar-refractivity contribution < 1.29 is 5.11 Å². The summed E-state index contributed by atoms with van der Waals surface area (Å²) in [5.74, 6) is 2.07. The van der Waals surface area contributed by atoms with Crippen molar-refractivity contribution >= 4 is 11.8 Å². The van der Waals surface area contributed by atoms with Crippen molar-refractivity contribution in [1.82, 2.24) is 0 Å². The zero-order chi connectivity index (χ0) is 8.27. The van der Waals surface area contributed by atoms with Gasteiger partial charge in [-0.05, 0) is 38.0 Å². The predicted molar refractivity (Wildman–Crippen MR) is 50.9 cm³/mol. The van der Waals surface area contributed by atoms with Gasteiger partial charge < -0.3 is 5.11 Å². The number of rotatable bonds is 0. The van der Waals surface area contributed by atoms with Crippen LogP contribution in [0.1, 0.15) is 26.7 Å². The normalized spacial score (nSPS) is 34.6. The molecule has 0 aliphatic carbocycles. The molecule has 1 rings (SSSR count). The van der Waals surface area contributed by atoms with Gasteiger partial charge in [-0.3, -0.25) is 0 Å². The van der Waals surface area contributed by atoms with Crippen molar-refractivity contribution in [2.24, 2.45) is 0 Å². The van der Waals surface area contributed by atoms with Crippen LogP contribution in [0.15, 0.2) is 11.1 Å². The van der Waals surface area contributed by atoms with Gasteiger partial charge in [-0.15, -0.1) is 0 Å². The SMILES string of the molecule is C/C1=C(\C)C(O)CSCCC1. The molecule has 0 aromatic rings. The first-order chi connectivity index (χ1) is 5.22. The standard InChI is InChI=1S/C9H16OS/c1-7-4-3-5-11-6-9(10)8(7)2/h9-10H,3-6H2,1-2H3/b8-7-. The summed E-state index contributed by atoms with van der Waals surface area (Å²) in [5, 5.41) is 9.57. The van der Waals surface area contributed by atoms with Gasteiger partial charge in [-0.1, -0.05) is 5.57 Å². The van der Waals surface area contributed by atoms with E-state index < -0.39 is 0 Å². The predicted octanol–water partition coefficient (Wildman–Crippen LogP) is 2.21. The summed E-state index contributed by atoms with van der Waals surface area (Å²) in [7, 11) is 0. The fourth-order valence-electron chi connectivity index (χ4n) is 1.24. The largest absolute Gasteiger partial charge is 0.388 e.